The number of aliphatic hydroxyl groups is 2. The van der Waals surface area contributed by atoms with Gasteiger partial charge in [0.25, 0.3) is 0 Å². The lowest BCUT2D eigenvalue weighted by molar-refractivity contribution is -0.258. The lowest BCUT2D eigenvalue weighted by atomic mass is 9.78. The Morgan fingerprint density at radius 3 is 2.36 bits per heavy atom. The molecular weight excluding hydrogens is 480 g/mol. The van der Waals surface area contributed by atoms with E-state index in [0.29, 0.717) is 6.42 Å². The summed E-state index contributed by atoms with van der Waals surface area (Å²) in [7, 11) is -2.41. The molecule has 2 fully saturated rings. The van der Waals surface area contributed by atoms with Crippen LogP contribution in [-0.4, -0.2) is 73.2 Å². The molecule has 0 aromatic rings. The lowest BCUT2D eigenvalue weighted by Crippen LogP contribution is -2.57. The smallest absolute Gasteiger partial charge is 0.302 e. The van der Waals surface area contributed by atoms with Crippen molar-refractivity contribution in [1.82, 2.24) is 0 Å². The molecule has 2 rings (SSSR count). The third kappa shape index (κ3) is 6.85. The molecule has 36 heavy (non-hydrogen) atoms. The number of aliphatic hydroxyl groups excluding tert-OH is 1. The molecule has 8 atom stereocenters. The maximum atomic E-state index is 14.0. The predicted octanol–water partition coefficient (Wildman–Crippen LogP) is 3.99. The Morgan fingerprint density at radius 2 is 1.89 bits per heavy atom. The monoisotopic (exact) mass is 528 g/mol. The van der Waals surface area contributed by atoms with Gasteiger partial charge in [-0.05, 0) is 38.4 Å². The molecule has 0 spiro atoms. The zero-order valence-corrected chi connectivity index (χ0v) is 24.8. The molecule has 0 aromatic carbocycles. The third-order valence-corrected chi connectivity index (χ3v) is 12.7. The summed E-state index contributed by atoms with van der Waals surface area (Å²) in [6.07, 6.45) is 2.32. The Balaban J connectivity index is 2.48. The first-order chi connectivity index (χ1) is 16.4. The average molecular weight is 529 g/mol. The number of carbonyl (C=O) groups is 2. The Bertz CT molecular complexity index is 821. The molecule has 2 aliphatic rings. The summed E-state index contributed by atoms with van der Waals surface area (Å²) in [5.41, 5.74) is -0.778. The molecule has 1 unspecified atom stereocenters. The van der Waals surface area contributed by atoms with Crippen molar-refractivity contribution in [1.29, 1.82) is 0 Å². The molecule has 0 bridgehead atoms. The summed E-state index contributed by atoms with van der Waals surface area (Å²) in [4.78, 5) is 25.8. The topological polar surface area (TPSA) is 115 Å². The van der Waals surface area contributed by atoms with E-state index in [2.05, 4.69) is 46.9 Å². The van der Waals surface area contributed by atoms with Crippen LogP contribution >= 0.6 is 0 Å². The summed E-state index contributed by atoms with van der Waals surface area (Å²) in [6, 6.07) is 0. The fraction of sp³-hybridized carbons (Fsp3) is 0.852. The fourth-order valence-corrected chi connectivity index (χ4v) is 6.18. The van der Waals surface area contributed by atoms with Gasteiger partial charge >= 0.3 is 5.97 Å². The number of esters is 1. The highest BCUT2D eigenvalue weighted by Crippen LogP contribution is 2.51. The van der Waals surface area contributed by atoms with E-state index in [9.17, 15) is 19.8 Å². The number of hydrogen-bond donors (Lipinski definition) is 2. The number of hydrogen-bond acceptors (Lipinski definition) is 8. The SMILES string of the molecule is C/C=C\[C@H](C)[C@H]1O[C@]1(C)[C@@H](O[Si](C)(C)C(C)(C)C)[C@@H](COC(C)=O)C(=O)[C@@H]1COC(O)(CC)C[C@H]1O. The molecule has 2 heterocycles. The second-order valence-electron chi connectivity index (χ2n) is 12.2. The number of rotatable bonds is 11. The van der Waals surface area contributed by atoms with Gasteiger partial charge in [-0.25, -0.2) is 0 Å². The van der Waals surface area contributed by atoms with Gasteiger partial charge in [0.15, 0.2) is 14.1 Å². The van der Waals surface area contributed by atoms with Crippen molar-refractivity contribution in [3.63, 3.8) is 0 Å². The Labute approximate surface area is 217 Å². The van der Waals surface area contributed by atoms with Gasteiger partial charge in [-0.3, -0.25) is 9.59 Å². The van der Waals surface area contributed by atoms with Crippen LogP contribution in [0.4, 0.5) is 0 Å². The fourth-order valence-electron chi connectivity index (χ4n) is 4.80. The van der Waals surface area contributed by atoms with Gasteiger partial charge < -0.3 is 28.8 Å². The van der Waals surface area contributed by atoms with Crippen molar-refractivity contribution in [2.75, 3.05) is 13.2 Å². The Kier molecular flexibility index (Phi) is 9.79. The van der Waals surface area contributed by atoms with Crippen molar-refractivity contribution in [2.24, 2.45) is 17.8 Å². The standard InChI is InChI=1S/C27H48O8Si/c1-11-13-17(3)23-26(8,34-23)24(35-36(9,10)25(5,6)7)20(15-32-18(4)28)22(30)19-16-33-27(31,12-2)14-21(19)29/h11,13,17,19-21,23-24,29,31H,12,14-16H2,1-10H3/b13-11-/t17-,19+,20-,21+,23+,24-,26-,27?/m0/s1. The van der Waals surface area contributed by atoms with Gasteiger partial charge in [-0.2, -0.15) is 0 Å². The first-order valence-corrected chi connectivity index (χ1v) is 16.0. The van der Waals surface area contributed by atoms with E-state index >= 15 is 0 Å². The zero-order chi connectivity index (χ0) is 27.7. The van der Waals surface area contributed by atoms with E-state index in [4.69, 9.17) is 18.6 Å². The van der Waals surface area contributed by atoms with Gasteiger partial charge in [0.05, 0.1) is 36.8 Å². The van der Waals surface area contributed by atoms with E-state index in [-0.39, 0.29) is 42.5 Å². The molecule has 2 saturated heterocycles. The van der Waals surface area contributed by atoms with Crippen LogP contribution in [0.3, 0.4) is 0 Å². The highest BCUT2D eigenvalue weighted by molar-refractivity contribution is 6.74. The second kappa shape index (κ2) is 11.3. The maximum absolute atomic E-state index is 14.0. The summed E-state index contributed by atoms with van der Waals surface area (Å²) >= 11 is 0. The minimum absolute atomic E-state index is 0.0668. The van der Waals surface area contributed by atoms with Crippen molar-refractivity contribution >= 4 is 20.1 Å². The molecule has 0 radical (unpaired) electrons. The van der Waals surface area contributed by atoms with E-state index in [1.165, 1.54) is 6.92 Å². The highest BCUT2D eigenvalue weighted by Gasteiger charge is 2.64. The first-order valence-electron chi connectivity index (χ1n) is 13.1. The quantitative estimate of drug-likeness (QED) is 0.179. The number of ether oxygens (including phenoxy) is 3. The maximum Gasteiger partial charge on any atom is 0.302 e. The molecule has 8 nitrogen and oxygen atoms in total. The second-order valence-corrected chi connectivity index (χ2v) is 17.0. The van der Waals surface area contributed by atoms with Gasteiger partial charge in [0, 0.05) is 19.3 Å². The van der Waals surface area contributed by atoms with E-state index in [1.54, 1.807) is 6.92 Å². The Hall–Kier alpha value is -1.10. The highest BCUT2D eigenvalue weighted by atomic mass is 28.4. The molecule has 0 aliphatic carbocycles. The largest absolute Gasteiger partial charge is 0.465 e. The van der Waals surface area contributed by atoms with Crippen LogP contribution in [0.25, 0.3) is 0 Å². The number of epoxide rings is 1. The predicted molar refractivity (Wildman–Crippen MR) is 140 cm³/mol. The molecule has 2 N–H and O–H groups in total. The minimum atomic E-state index is -2.41. The van der Waals surface area contributed by atoms with E-state index in [1.807, 2.05) is 19.9 Å². The average Bonchev–Trinajstić information content (AvgIpc) is 3.45. The number of carbonyl (C=O) groups excluding carboxylic acids is 2. The molecule has 208 valence electrons. The molecule has 0 aromatic heterocycles. The normalized spacial score (nSPS) is 33.7. The summed E-state index contributed by atoms with van der Waals surface area (Å²) in [6.45, 7) is 19.3. The molecule has 9 heteroatoms. The summed E-state index contributed by atoms with van der Waals surface area (Å²) in [5.74, 6) is -3.92. The van der Waals surface area contributed by atoms with Crippen LogP contribution < -0.4 is 0 Å². The van der Waals surface area contributed by atoms with Gasteiger partial charge in [0.2, 0.25) is 0 Å². The van der Waals surface area contributed by atoms with E-state index < -0.39 is 49.7 Å². The van der Waals surface area contributed by atoms with Crippen LogP contribution in [0, 0.1) is 17.8 Å². The van der Waals surface area contributed by atoms with Crippen LogP contribution in [0.2, 0.25) is 18.1 Å². The molecule has 0 amide bonds. The lowest BCUT2D eigenvalue weighted by Gasteiger charge is -2.44. The molecular formula is C27H48O8Si. The summed E-state index contributed by atoms with van der Waals surface area (Å²) < 4.78 is 24.2. The number of allylic oxidation sites excluding steroid dienone is 1. The zero-order valence-electron chi connectivity index (χ0n) is 23.8. The van der Waals surface area contributed by atoms with Crippen LogP contribution in [0.1, 0.15) is 68.2 Å². The third-order valence-electron chi connectivity index (χ3n) is 8.29. The van der Waals surface area contributed by atoms with Crippen molar-refractivity contribution in [3.05, 3.63) is 12.2 Å². The molecule has 0 saturated carbocycles. The first kappa shape index (κ1) is 31.1. The molecule has 2 aliphatic heterocycles. The van der Waals surface area contributed by atoms with Crippen LogP contribution in [-0.2, 0) is 28.2 Å². The van der Waals surface area contributed by atoms with Crippen molar-refractivity contribution in [3.8, 4) is 0 Å². The number of Topliss-reactive ketones (excluding diaryl/α,β-unsaturated/α-hetero) is 1. The van der Waals surface area contributed by atoms with Gasteiger partial charge in [-0.1, -0.05) is 46.8 Å². The van der Waals surface area contributed by atoms with Crippen LogP contribution in [0.5, 0.6) is 0 Å². The minimum Gasteiger partial charge on any atom is -0.465 e. The van der Waals surface area contributed by atoms with Gasteiger partial charge in [-0.15, -0.1) is 0 Å². The van der Waals surface area contributed by atoms with Crippen molar-refractivity contribution in [2.45, 2.75) is 116 Å². The summed E-state index contributed by atoms with van der Waals surface area (Å²) in [5, 5.41) is 21.2. The van der Waals surface area contributed by atoms with Crippen LogP contribution in [0.15, 0.2) is 12.2 Å². The number of ketones is 1. The Morgan fingerprint density at radius 1 is 1.28 bits per heavy atom. The van der Waals surface area contributed by atoms with Crippen molar-refractivity contribution < 1.29 is 38.4 Å². The van der Waals surface area contributed by atoms with E-state index in [0.717, 1.165) is 0 Å². The van der Waals surface area contributed by atoms with Gasteiger partial charge in [0.1, 0.15) is 18.0 Å².